The first-order chi connectivity index (χ1) is 14.1. The molecule has 0 saturated heterocycles. The van der Waals surface area contributed by atoms with Gasteiger partial charge in [0.05, 0.1) is 19.6 Å². The third kappa shape index (κ3) is 2.58. The molecule has 0 unspecified atom stereocenters. The molecule has 0 spiro atoms. The van der Waals surface area contributed by atoms with E-state index in [0.717, 1.165) is 38.6 Å². The Morgan fingerprint density at radius 3 is 2.55 bits per heavy atom. The number of hydrogen-bond donors (Lipinski definition) is 0. The van der Waals surface area contributed by atoms with Crippen molar-refractivity contribution in [3.63, 3.8) is 0 Å². The van der Waals surface area contributed by atoms with E-state index in [-0.39, 0.29) is 0 Å². The second kappa shape index (κ2) is 6.56. The van der Waals surface area contributed by atoms with Gasteiger partial charge < -0.3 is 9.47 Å². The Labute approximate surface area is 170 Å². The Kier molecular flexibility index (Phi) is 3.99. The summed E-state index contributed by atoms with van der Waals surface area (Å²) in [5.41, 5.74) is 4.63. The molecule has 0 aliphatic carbocycles. The van der Waals surface area contributed by atoms with Crippen LogP contribution in [0.15, 0.2) is 36.1 Å². The van der Waals surface area contributed by atoms with Crippen molar-refractivity contribution < 1.29 is 9.47 Å². The van der Waals surface area contributed by atoms with Gasteiger partial charge in [0.25, 0.3) is 0 Å². The van der Waals surface area contributed by atoms with Gasteiger partial charge in [-0.05, 0) is 37.6 Å². The lowest BCUT2D eigenvalue weighted by molar-refractivity contribution is 0.355. The second-order valence-electron chi connectivity index (χ2n) is 6.58. The molecule has 1 aromatic carbocycles. The first-order valence-corrected chi connectivity index (χ1v) is 9.85. The van der Waals surface area contributed by atoms with Crippen molar-refractivity contribution in [2.24, 2.45) is 0 Å². The number of benzene rings is 1. The van der Waals surface area contributed by atoms with Crippen molar-refractivity contribution in [3.8, 4) is 28.0 Å². The summed E-state index contributed by atoms with van der Waals surface area (Å²) in [5, 5.41) is 8.45. The first kappa shape index (κ1) is 17.6. The minimum atomic E-state index is 0.597. The maximum atomic E-state index is 5.41. The van der Waals surface area contributed by atoms with E-state index < -0.39 is 0 Å². The Hall–Kier alpha value is -3.46. The zero-order valence-electron chi connectivity index (χ0n) is 16.4. The average Bonchev–Trinajstić information content (AvgIpc) is 3.46. The van der Waals surface area contributed by atoms with Crippen molar-refractivity contribution in [1.29, 1.82) is 0 Å². The summed E-state index contributed by atoms with van der Waals surface area (Å²) in [6.45, 7) is 4.15. The summed E-state index contributed by atoms with van der Waals surface area (Å²) in [4.78, 5) is 13.9. The molecule has 5 aromatic rings. The van der Waals surface area contributed by atoms with Crippen molar-refractivity contribution >= 4 is 28.0 Å². The number of methoxy groups -OCH3 is 2. The van der Waals surface area contributed by atoms with Crippen LogP contribution in [-0.2, 0) is 0 Å². The van der Waals surface area contributed by atoms with E-state index in [1.165, 1.54) is 0 Å². The molecule has 0 aliphatic rings. The van der Waals surface area contributed by atoms with E-state index in [2.05, 4.69) is 33.5 Å². The number of fused-ring (bicyclic) bond motifs is 3. The molecule has 0 aliphatic heterocycles. The fourth-order valence-electron chi connectivity index (χ4n) is 3.52. The molecule has 5 rings (SSSR count). The van der Waals surface area contributed by atoms with E-state index in [9.17, 15) is 0 Å². The molecule has 0 saturated carbocycles. The van der Waals surface area contributed by atoms with Crippen LogP contribution in [-0.4, -0.2) is 43.4 Å². The lowest BCUT2D eigenvalue weighted by atomic mass is 10.2. The van der Waals surface area contributed by atoms with Gasteiger partial charge in [-0.2, -0.15) is 0 Å². The summed E-state index contributed by atoms with van der Waals surface area (Å²) < 4.78 is 14.5. The number of thiazole rings is 1. The van der Waals surface area contributed by atoms with Gasteiger partial charge in [0.1, 0.15) is 6.33 Å². The fraction of sp³-hybridized carbons (Fsp3) is 0.200. The van der Waals surface area contributed by atoms with Gasteiger partial charge in [0.15, 0.2) is 33.7 Å². The van der Waals surface area contributed by atoms with Crippen LogP contribution < -0.4 is 9.47 Å². The van der Waals surface area contributed by atoms with E-state index in [1.54, 1.807) is 42.6 Å². The molecule has 29 heavy (non-hydrogen) atoms. The highest BCUT2D eigenvalue weighted by atomic mass is 32.1. The lowest BCUT2D eigenvalue weighted by Crippen LogP contribution is -1.98. The molecule has 0 fully saturated rings. The molecule has 146 valence electrons. The van der Waals surface area contributed by atoms with Crippen LogP contribution in [0.1, 0.15) is 11.3 Å². The third-order valence-corrected chi connectivity index (χ3v) is 5.84. The van der Waals surface area contributed by atoms with E-state index in [1.807, 2.05) is 23.6 Å². The van der Waals surface area contributed by atoms with Crippen LogP contribution in [0.25, 0.3) is 33.2 Å². The molecular weight excluding hydrogens is 388 g/mol. The van der Waals surface area contributed by atoms with Crippen LogP contribution in [0.2, 0.25) is 0 Å². The molecule has 0 radical (unpaired) electrons. The molecule has 4 heterocycles. The van der Waals surface area contributed by atoms with E-state index >= 15 is 0 Å². The van der Waals surface area contributed by atoms with Gasteiger partial charge >= 0.3 is 0 Å². The number of hydrogen-bond acceptors (Lipinski definition) is 7. The molecule has 0 amide bonds. The minimum absolute atomic E-state index is 0.597. The summed E-state index contributed by atoms with van der Waals surface area (Å²) in [5.74, 6) is 1.89. The van der Waals surface area contributed by atoms with Gasteiger partial charge in [-0.1, -0.05) is 0 Å². The Bertz CT molecular complexity index is 1350. The van der Waals surface area contributed by atoms with Gasteiger partial charge in [-0.25, -0.2) is 19.5 Å². The summed E-state index contributed by atoms with van der Waals surface area (Å²) >= 11 is 1.58. The number of ether oxygens (including phenoxy) is 2. The van der Waals surface area contributed by atoms with Gasteiger partial charge in [0, 0.05) is 22.8 Å². The van der Waals surface area contributed by atoms with Crippen LogP contribution in [0, 0.1) is 13.8 Å². The molecule has 9 heteroatoms. The number of aromatic nitrogens is 6. The highest BCUT2D eigenvalue weighted by Crippen LogP contribution is 2.33. The van der Waals surface area contributed by atoms with Crippen molar-refractivity contribution in [3.05, 3.63) is 47.4 Å². The van der Waals surface area contributed by atoms with Gasteiger partial charge in [-0.3, -0.25) is 4.57 Å². The Morgan fingerprint density at radius 2 is 1.83 bits per heavy atom. The van der Waals surface area contributed by atoms with Crippen LogP contribution in [0.4, 0.5) is 0 Å². The Balaban J connectivity index is 1.74. The molecule has 4 aromatic heterocycles. The molecule has 8 nitrogen and oxygen atoms in total. The van der Waals surface area contributed by atoms with Crippen LogP contribution in [0.3, 0.4) is 0 Å². The average molecular weight is 406 g/mol. The predicted molar refractivity (Wildman–Crippen MR) is 111 cm³/mol. The monoisotopic (exact) mass is 406 g/mol. The van der Waals surface area contributed by atoms with Crippen molar-refractivity contribution in [2.45, 2.75) is 13.8 Å². The highest BCUT2D eigenvalue weighted by molar-refractivity contribution is 7.12. The van der Waals surface area contributed by atoms with Gasteiger partial charge in [-0.15, -0.1) is 16.4 Å². The topological polar surface area (TPSA) is 79.4 Å². The molecular formula is C20H18N6O2S. The quantitative estimate of drug-likeness (QED) is 0.451. The lowest BCUT2D eigenvalue weighted by Gasteiger charge is -2.07. The van der Waals surface area contributed by atoms with E-state index in [0.29, 0.717) is 17.3 Å². The smallest absolute Gasteiger partial charge is 0.195 e. The molecule has 0 atom stereocenters. The number of rotatable bonds is 4. The van der Waals surface area contributed by atoms with Crippen molar-refractivity contribution in [2.75, 3.05) is 14.2 Å². The summed E-state index contributed by atoms with van der Waals surface area (Å²) in [7, 11) is 3.22. The minimum Gasteiger partial charge on any atom is -0.493 e. The second-order valence-corrected chi connectivity index (χ2v) is 7.45. The fourth-order valence-corrected chi connectivity index (χ4v) is 4.21. The predicted octanol–water partition coefficient (Wildman–Crippen LogP) is 3.83. The largest absolute Gasteiger partial charge is 0.493 e. The summed E-state index contributed by atoms with van der Waals surface area (Å²) in [6.07, 6.45) is 3.49. The molecule has 0 bridgehead atoms. The maximum absolute atomic E-state index is 5.41. The van der Waals surface area contributed by atoms with E-state index in [4.69, 9.17) is 14.5 Å². The van der Waals surface area contributed by atoms with Crippen LogP contribution in [0.5, 0.6) is 11.5 Å². The standard InChI is InChI=1S/C20H18N6O2S/c1-11-12(2)26(20-21-7-8-29-20)18-16(11)19-23-17(24-25(19)10-22-18)13-5-6-14(27-3)15(9-13)28-4/h5-10H,1-4H3. The van der Waals surface area contributed by atoms with Crippen molar-refractivity contribution in [1.82, 2.24) is 29.1 Å². The third-order valence-electron chi connectivity index (χ3n) is 5.09. The van der Waals surface area contributed by atoms with Crippen LogP contribution >= 0.6 is 11.3 Å². The zero-order valence-corrected chi connectivity index (χ0v) is 17.2. The first-order valence-electron chi connectivity index (χ1n) is 8.97. The molecule has 0 N–H and O–H groups in total. The van der Waals surface area contributed by atoms with Gasteiger partial charge in [0.2, 0.25) is 0 Å². The number of aryl methyl sites for hydroxylation is 1. The normalized spacial score (nSPS) is 11.4. The number of nitrogens with zero attached hydrogens (tertiary/aromatic N) is 6. The Morgan fingerprint density at radius 1 is 1.00 bits per heavy atom. The SMILES string of the molecule is COc1ccc(-c2nc3c4c(C)c(C)n(-c5nccs5)c4ncn3n2)cc1OC. The summed E-state index contributed by atoms with van der Waals surface area (Å²) in [6, 6.07) is 5.64. The highest BCUT2D eigenvalue weighted by Gasteiger charge is 2.20. The zero-order chi connectivity index (χ0) is 20.1. The maximum Gasteiger partial charge on any atom is 0.195 e.